The molecule has 138 valence electrons. The zero-order valence-corrected chi connectivity index (χ0v) is 14.3. The van der Waals surface area contributed by atoms with Crippen molar-refractivity contribution >= 4 is 11.8 Å². The first-order chi connectivity index (χ1) is 12.6. The molecule has 2 amide bonds. The third kappa shape index (κ3) is 4.68. The van der Waals surface area contributed by atoms with Crippen LogP contribution in [0.25, 0.3) is 0 Å². The first kappa shape index (κ1) is 18.1. The number of nitrogens with one attached hydrogen (secondary N) is 1. The number of rotatable bonds is 4. The number of primary amides is 1. The van der Waals surface area contributed by atoms with Crippen molar-refractivity contribution in [1.82, 2.24) is 10.5 Å². The van der Waals surface area contributed by atoms with Gasteiger partial charge in [-0.2, -0.15) is 0 Å². The molecule has 0 radical (unpaired) electrons. The van der Waals surface area contributed by atoms with Crippen LogP contribution in [0.5, 0.6) is 0 Å². The molecule has 3 N–H and O–H groups in total. The van der Waals surface area contributed by atoms with E-state index in [4.69, 9.17) is 15.2 Å². The molecule has 2 aliphatic rings. The highest BCUT2D eigenvalue weighted by Crippen LogP contribution is 2.13. The van der Waals surface area contributed by atoms with Crippen molar-refractivity contribution in [2.75, 3.05) is 19.8 Å². The molecule has 1 aromatic carbocycles. The monoisotopic (exact) mass is 359 g/mol. The summed E-state index contributed by atoms with van der Waals surface area (Å²) in [6, 6.07) is 8.43. The summed E-state index contributed by atoms with van der Waals surface area (Å²) < 4.78 is 15.0. The summed E-state index contributed by atoms with van der Waals surface area (Å²) in [6.45, 7) is 3.42. The SMILES string of the molecule is NC(=O)c1conc1C(=O)NCC1CCOC1.c1cc2cc(c1)COC2. The van der Waals surface area contributed by atoms with Crippen molar-refractivity contribution in [2.45, 2.75) is 19.6 Å². The number of benzene rings is 1. The van der Waals surface area contributed by atoms with E-state index in [-0.39, 0.29) is 11.3 Å². The molecule has 8 heteroatoms. The molecular formula is C18H21N3O5. The number of carbonyl (C=O) groups excluding carboxylic acids is 2. The number of ether oxygens (including phenoxy) is 2. The van der Waals surface area contributed by atoms with Crippen LogP contribution in [-0.4, -0.2) is 36.7 Å². The number of carbonyl (C=O) groups is 2. The lowest BCUT2D eigenvalue weighted by molar-refractivity contribution is 0.0922. The molecule has 1 fully saturated rings. The lowest BCUT2D eigenvalue weighted by atomic mass is 10.1. The average molecular weight is 359 g/mol. The van der Waals surface area contributed by atoms with Gasteiger partial charge in [0.1, 0.15) is 11.8 Å². The van der Waals surface area contributed by atoms with Crippen LogP contribution in [0.4, 0.5) is 0 Å². The van der Waals surface area contributed by atoms with Gasteiger partial charge in [-0.3, -0.25) is 9.59 Å². The molecule has 0 spiro atoms. The van der Waals surface area contributed by atoms with Crippen LogP contribution in [0.3, 0.4) is 0 Å². The van der Waals surface area contributed by atoms with Crippen LogP contribution in [0, 0.1) is 5.92 Å². The van der Waals surface area contributed by atoms with E-state index in [2.05, 4.69) is 39.3 Å². The van der Waals surface area contributed by atoms with Crippen LogP contribution in [0.1, 0.15) is 38.4 Å². The fourth-order valence-electron chi connectivity index (χ4n) is 2.74. The van der Waals surface area contributed by atoms with Crippen LogP contribution in [-0.2, 0) is 22.7 Å². The molecule has 1 unspecified atom stereocenters. The van der Waals surface area contributed by atoms with Gasteiger partial charge in [0.25, 0.3) is 11.8 Å². The van der Waals surface area contributed by atoms with Gasteiger partial charge in [0, 0.05) is 19.1 Å². The largest absolute Gasteiger partial charge is 0.381 e. The predicted octanol–water partition coefficient (Wildman–Crippen LogP) is 1.26. The summed E-state index contributed by atoms with van der Waals surface area (Å²) in [7, 11) is 0. The zero-order chi connectivity index (χ0) is 18.4. The van der Waals surface area contributed by atoms with E-state index in [0.29, 0.717) is 19.1 Å². The fourth-order valence-corrected chi connectivity index (χ4v) is 2.74. The number of nitrogens with two attached hydrogens (primary N) is 1. The minimum absolute atomic E-state index is 0.00910. The second-order valence-corrected chi connectivity index (χ2v) is 6.19. The maximum atomic E-state index is 11.7. The Bertz CT molecular complexity index is 748. The number of fused-ring (bicyclic) bond motifs is 2. The second kappa shape index (κ2) is 8.59. The van der Waals surface area contributed by atoms with Gasteiger partial charge in [0.2, 0.25) is 0 Å². The number of hydrogen-bond donors (Lipinski definition) is 2. The van der Waals surface area contributed by atoms with Gasteiger partial charge in [-0.05, 0) is 17.5 Å². The van der Waals surface area contributed by atoms with Crippen molar-refractivity contribution in [2.24, 2.45) is 11.7 Å². The Hall–Kier alpha value is -2.71. The third-order valence-electron chi connectivity index (χ3n) is 4.15. The van der Waals surface area contributed by atoms with Crippen LogP contribution in [0.2, 0.25) is 0 Å². The molecule has 2 bridgehead atoms. The van der Waals surface area contributed by atoms with Gasteiger partial charge in [0.15, 0.2) is 5.69 Å². The van der Waals surface area contributed by atoms with E-state index >= 15 is 0 Å². The highest BCUT2D eigenvalue weighted by Gasteiger charge is 2.22. The Labute approximate surface area is 150 Å². The molecular weight excluding hydrogens is 338 g/mol. The molecule has 1 saturated heterocycles. The molecule has 4 rings (SSSR count). The standard InChI is InChI=1S/C10H13N3O4.C8H8O/c11-9(14)7-5-17-13-8(7)10(15)12-3-6-1-2-16-4-6;1-2-7-4-8(3-1)6-9-5-7/h5-6H,1-4H2,(H2,11,14)(H,12,15);1-4H,5-6H2. The highest BCUT2D eigenvalue weighted by molar-refractivity contribution is 6.04. The highest BCUT2D eigenvalue weighted by atomic mass is 16.5. The predicted molar refractivity (Wildman–Crippen MR) is 91.2 cm³/mol. The van der Waals surface area contributed by atoms with Gasteiger partial charge < -0.3 is 25.0 Å². The van der Waals surface area contributed by atoms with Gasteiger partial charge in [-0.15, -0.1) is 0 Å². The topological polar surface area (TPSA) is 117 Å². The Morgan fingerprint density at radius 3 is 2.62 bits per heavy atom. The lowest BCUT2D eigenvalue weighted by Crippen LogP contribution is -2.31. The molecule has 3 heterocycles. The summed E-state index contributed by atoms with van der Waals surface area (Å²) in [5.41, 5.74) is 7.58. The molecule has 0 aliphatic carbocycles. The minimum Gasteiger partial charge on any atom is -0.381 e. The van der Waals surface area contributed by atoms with Crippen LogP contribution >= 0.6 is 0 Å². The molecule has 2 aromatic rings. The van der Waals surface area contributed by atoms with Crippen LogP contribution in [0.15, 0.2) is 35.1 Å². The molecule has 8 nitrogen and oxygen atoms in total. The van der Waals surface area contributed by atoms with E-state index in [1.807, 2.05) is 0 Å². The lowest BCUT2D eigenvalue weighted by Gasteiger charge is -2.11. The van der Waals surface area contributed by atoms with Crippen molar-refractivity contribution in [3.8, 4) is 0 Å². The third-order valence-corrected chi connectivity index (χ3v) is 4.15. The van der Waals surface area contributed by atoms with Gasteiger partial charge in [-0.1, -0.05) is 29.4 Å². The van der Waals surface area contributed by atoms with E-state index in [9.17, 15) is 9.59 Å². The summed E-state index contributed by atoms with van der Waals surface area (Å²) in [5, 5.41) is 6.14. The van der Waals surface area contributed by atoms with E-state index in [1.54, 1.807) is 0 Å². The number of aromatic nitrogens is 1. The maximum Gasteiger partial charge on any atom is 0.274 e. The number of amides is 2. The Morgan fingerprint density at radius 2 is 2.00 bits per heavy atom. The summed E-state index contributed by atoms with van der Waals surface area (Å²) in [6.07, 6.45) is 1.98. The Morgan fingerprint density at radius 1 is 1.23 bits per heavy atom. The summed E-state index contributed by atoms with van der Waals surface area (Å²) in [4.78, 5) is 22.7. The van der Waals surface area contributed by atoms with Crippen LogP contribution < -0.4 is 11.1 Å². The quantitative estimate of drug-likeness (QED) is 0.849. The normalized spacial score (nSPS) is 17.9. The van der Waals surface area contributed by atoms with Crippen molar-refractivity contribution in [1.29, 1.82) is 0 Å². The number of hydrogen-bond acceptors (Lipinski definition) is 6. The van der Waals surface area contributed by atoms with Crippen molar-refractivity contribution in [3.05, 3.63) is 52.9 Å². The van der Waals surface area contributed by atoms with E-state index < -0.39 is 11.8 Å². The molecule has 2 aliphatic heterocycles. The second-order valence-electron chi connectivity index (χ2n) is 6.19. The summed E-state index contributed by atoms with van der Waals surface area (Å²) in [5.74, 6) is -0.886. The summed E-state index contributed by atoms with van der Waals surface area (Å²) >= 11 is 0. The molecule has 26 heavy (non-hydrogen) atoms. The van der Waals surface area contributed by atoms with Gasteiger partial charge >= 0.3 is 0 Å². The minimum atomic E-state index is -0.736. The first-order valence-corrected chi connectivity index (χ1v) is 8.39. The van der Waals surface area contributed by atoms with Gasteiger partial charge in [0.05, 0.1) is 19.8 Å². The van der Waals surface area contributed by atoms with Crippen molar-refractivity contribution < 1.29 is 23.6 Å². The van der Waals surface area contributed by atoms with Gasteiger partial charge in [-0.25, -0.2) is 0 Å². The fraction of sp³-hybridized carbons (Fsp3) is 0.389. The van der Waals surface area contributed by atoms with E-state index in [0.717, 1.165) is 32.5 Å². The number of nitrogens with zero attached hydrogens (tertiary/aromatic N) is 1. The molecule has 1 atom stereocenters. The Kier molecular flexibility index (Phi) is 5.98. The van der Waals surface area contributed by atoms with E-state index in [1.165, 1.54) is 11.1 Å². The smallest absolute Gasteiger partial charge is 0.274 e. The first-order valence-electron chi connectivity index (χ1n) is 8.39. The molecule has 0 saturated carbocycles. The maximum absolute atomic E-state index is 11.7. The Balaban J connectivity index is 0.000000181. The average Bonchev–Trinajstić information content (AvgIpc) is 3.32. The zero-order valence-electron chi connectivity index (χ0n) is 14.3. The van der Waals surface area contributed by atoms with Crippen molar-refractivity contribution in [3.63, 3.8) is 0 Å². The molecule has 1 aromatic heterocycles.